The quantitative estimate of drug-likeness (QED) is 0.568. The van der Waals surface area contributed by atoms with Gasteiger partial charge in [-0.1, -0.05) is 35.9 Å². The van der Waals surface area contributed by atoms with Gasteiger partial charge in [0.15, 0.2) is 0 Å². The number of amides is 2. The first-order valence-electron chi connectivity index (χ1n) is 9.91. The normalized spacial score (nSPS) is 14.1. The molecular formula is C23H22ClN3O2S. The third-order valence-corrected chi connectivity index (χ3v) is 6.49. The SMILES string of the molecule is Cc1nc(-c2cccc(Cl)c2)sc1C(=O)Nc1cccc(CN2CCCCC2=O)c1. The van der Waals surface area contributed by atoms with E-state index in [1.54, 1.807) is 0 Å². The summed E-state index contributed by atoms with van der Waals surface area (Å²) in [7, 11) is 0. The lowest BCUT2D eigenvalue weighted by Gasteiger charge is -2.26. The highest BCUT2D eigenvalue weighted by Crippen LogP contribution is 2.30. The van der Waals surface area contributed by atoms with Crippen LogP contribution in [-0.2, 0) is 11.3 Å². The predicted molar refractivity (Wildman–Crippen MR) is 121 cm³/mol. The Morgan fingerprint density at radius 2 is 2.03 bits per heavy atom. The summed E-state index contributed by atoms with van der Waals surface area (Å²) in [5.41, 5.74) is 3.29. The largest absolute Gasteiger partial charge is 0.338 e. The fraction of sp³-hybridized carbons (Fsp3) is 0.261. The van der Waals surface area contributed by atoms with Gasteiger partial charge in [-0.3, -0.25) is 9.59 Å². The molecule has 0 atom stereocenters. The van der Waals surface area contributed by atoms with Crippen molar-refractivity contribution in [1.82, 2.24) is 9.88 Å². The van der Waals surface area contributed by atoms with Crippen LogP contribution in [0, 0.1) is 6.92 Å². The van der Waals surface area contributed by atoms with Crippen LogP contribution < -0.4 is 5.32 Å². The van der Waals surface area contributed by atoms with Gasteiger partial charge in [0.25, 0.3) is 5.91 Å². The van der Waals surface area contributed by atoms with Gasteiger partial charge in [0.05, 0.1) is 5.69 Å². The highest BCUT2D eigenvalue weighted by Gasteiger charge is 2.19. The molecule has 2 aromatic carbocycles. The highest BCUT2D eigenvalue weighted by atomic mass is 35.5. The molecule has 0 saturated carbocycles. The molecule has 3 aromatic rings. The molecule has 4 rings (SSSR count). The summed E-state index contributed by atoms with van der Waals surface area (Å²) in [6.07, 6.45) is 2.63. The minimum absolute atomic E-state index is 0.190. The predicted octanol–water partition coefficient (Wildman–Crippen LogP) is 5.54. The fourth-order valence-electron chi connectivity index (χ4n) is 3.54. The van der Waals surface area contributed by atoms with Gasteiger partial charge in [0, 0.05) is 35.8 Å². The molecule has 1 N–H and O–H groups in total. The molecule has 2 amide bonds. The van der Waals surface area contributed by atoms with Crippen LogP contribution in [-0.4, -0.2) is 28.2 Å². The molecule has 0 unspecified atom stereocenters. The number of aromatic nitrogens is 1. The van der Waals surface area contributed by atoms with E-state index in [2.05, 4.69) is 10.3 Å². The zero-order valence-corrected chi connectivity index (χ0v) is 18.2. The van der Waals surface area contributed by atoms with Crippen molar-refractivity contribution in [1.29, 1.82) is 0 Å². The number of rotatable bonds is 5. The summed E-state index contributed by atoms with van der Waals surface area (Å²) < 4.78 is 0. The molecule has 0 bridgehead atoms. The van der Waals surface area contributed by atoms with Crippen LogP contribution in [0.3, 0.4) is 0 Å². The molecule has 1 aliphatic rings. The number of carbonyl (C=O) groups is 2. The first-order valence-corrected chi connectivity index (χ1v) is 11.1. The number of nitrogens with one attached hydrogen (secondary N) is 1. The van der Waals surface area contributed by atoms with E-state index in [1.165, 1.54) is 11.3 Å². The number of aryl methyl sites for hydroxylation is 1. The van der Waals surface area contributed by atoms with Gasteiger partial charge >= 0.3 is 0 Å². The molecule has 5 nitrogen and oxygen atoms in total. The Hall–Kier alpha value is -2.70. The van der Waals surface area contributed by atoms with E-state index in [-0.39, 0.29) is 11.8 Å². The second kappa shape index (κ2) is 8.98. The van der Waals surface area contributed by atoms with Crippen molar-refractivity contribution >= 4 is 40.4 Å². The van der Waals surface area contributed by atoms with Crippen molar-refractivity contribution in [2.75, 3.05) is 11.9 Å². The lowest BCUT2D eigenvalue weighted by molar-refractivity contribution is -0.133. The second-order valence-electron chi connectivity index (χ2n) is 7.37. The van der Waals surface area contributed by atoms with Crippen molar-refractivity contribution in [3.05, 3.63) is 69.7 Å². The van der Waals surface area contributed by atoms with E-state index in [9.17, 15) is 9.59 Å². The van der Waals surface area contributed by atoms with E-state index < -0.39 is 0 Å². The Bertz CT molecular complexity index is 1100. The zero-order chi connectivity index (χ0) is 21.1. The average Bonchev–Trinajstić information content (AvgIpc) is 3.12. The standard InChI is InChI=1S/C23H22ClN3O2S/c1-15-21(30-23(25-15)17-7-5-8-18(24)13-17)22(29)26-19-9-4-6-16(12-19)14-27-11-3-2-10-20(27)28/h4-9,12-13H,2-3,10-11,14H2,1H3,(H,26,29). The number of likely N-dealkylation sites (tertiary alicyclic amines) is 1. The Morgan fingerprint density at radius 3 is 2.83 bits per heavy atom. The second-order valence-corrected chi connectivity index (χ2v) is 8.81. The molecule has 1 aromatic heterocycles. The maximum absolute atomic E-state index is 12.9. The van der Waals surface area contributed by atoms with Crippen molar-refractivity contribution in [3.63, 3.8) is 0 Å². The van der Waals surface area contributed by atoms with Crippen molar-refractivity contribution in [2.24, 2.45) is 0 Å². The van der Waals surface area contributed by atoms with Crippen molar-refractivity contribution in [3.8, 4) is 10.6 Å². The van der Waals surface area contributed by atoms with E-state index in [1.807, 2.05) is 60.4 Å². The fourth-order valence-corrected chi connectivity index (χ4v) is 4.68. The summed E-state index contributed by atoms with van der Waals surface area (Å²) in [5.74, 6) is 0.00833. The van der Waals surface area contributed by atoms with Crippen LogP contribution in [0.5, 0.6) is 0 Å². The zero-order valence-electron chi connectivity index (χ0n) is 16.7. The molecule has 1 aliphatic heterocycles. The summed E-state index contributed by atoms with van der Waals surface area (Å²) in [4.78, 5) is 31.9. The van der Waals surface area contributed by atoms with E-state index in [0.717, 1.165) is 35.5 Å². The lowest BCUT2D eigenvalue weighted by atomic mass is 10.1. The number of thiazole rings is 1. The molecular weight excluding hydrogens is 418 g/mol. The molecule has 1 saturated heterocycles. The first kappa shape index (κ1) is 20.6. The number of benzene rings is 2. The smallest absolute Gasteiger partial charge is 0.267 e. The van der Waals surface area contributed by atoms with Crippen LogP contribution in [0.2, 0.25) is 5.02 Å². The number of carbonyl (C=O) groups excluding carboxylic acids is 2. The Kier molecular flexibility index (Phi) is 6.16. The average molecular weight is 440 g/mol. The van der Waals surface area contributed by atoms with E-state index in [0.29, 0.717) is 34.2 Å². The van der Waals surface area contributed by atoms with Gasteiger partial charge in [-0.05, 0) is 49.6 Å². The van der Waals surface area contributed by atoms with Crippen LogP contribution >= 0.6 is 22.9 Å². The van der Waals surface area contributed by atoms with Gasteiger partial charge in [-0.25, -0.2) is 4.98 Å². The van der Waals surface area contributed by atoms with Gasteiger partial charge in [0.1, 0.15) is 9.88 Å². The maximum Gasteiger partial charge on any atom is 0.267 e. The van der Waals surface area contributed by atoms with Crippen LogP contribution in [0.1, 0.15) is 40.2 Å². The molecule has 30 heavy (non-hydrogen) atoms. The first-order chi connectivity index (χ1) is 14.5. The lowest BCUT2D eigenvalue weighted by Crippen LogP contribution is -2.34. The summed E-state index contributed by atoms with van der Waals surface area (Å²) in [5, 5.41) is 4.36. The van der Waals surface area contributed by atoms with Gasteiger partial charge in [-0.15, -0.1) is 11.3 Å². The molecule has 154 valence electrons. The van der Waals surface area contributed by atoms with Gasteiger partial charge < -0.3 is 10.2 Å². The number of piperidine rings is 1. The van der Waals surface area contributed by atoms with E-state index >= 15 is 0 Å². The van der Waals surface area contributed by atoms with Crippen molar-refractivity contribution < 1.29 is 9.59 Å². The number of hydrogen-bond acceptors (Lipinski definition) is 4. The highest BCUT2D eigenvalue weighted by molar-refractivity contribution is 7.17. The summed E-state index contributed by atoms with van der Waals surface area (Å²) in [6, 6.07) is 15.1. The number of hydrogen-bond donors (Lipinski definition) is 1. The summed E-state index contributed by atoms with van der Waals surface area (Å²) >= 11 is 7.42. The van der Waals surface area contributed by atoms with E-state index in [4.69, 9.17) is 11.6 Å². The summed E-state index contributed by atoms with van der Waals surface area (Å²) in [6.45, 7) is 3.20. The molecule has 0 radical (unpaired) electrons. The molecule has 7 heteroatoms. The number of anilines is 1. The maximum atomic E-state index is 12.9. The molecule has 2 heterocycles. The van der Waals surface area contributed by atoms with Gasteiger partial charge in [0.2, 0.25) is 5.91 Å². The third-order valence-electron chi connectivity index (χ3n) is 5.05. The van der Waals surface area contributed by atoms with Crippen LogP contribution in [0.15, 0.2) is 48.5 Å². The van der Waals surface area contributed by atoms with Crippen LogP contribution in [0.25, 0.3) is 10.6 Å². The van der Waals surface area contributed by atoms with Gasteiger partial charge in [-0.2, -0.15) is 0 Å². The minimum Gasteiger partial charge on any atom is -0.338 e. The Balaban J connectivity index is 1.48. The van der Waals surface area contributed by atoms with Crippen molar-refractivity contribution in [2.45, 2.75) is 32.7 Å². The number of halogens is 1. The molecule has 0 spiro atoms. The number of nitrogens with zero attached hydrogens (tertiary/aromatic N) is 2. The third kappa shape index (κ3) is 4.71. The Morgan fingerprint density at radius 1 is 1.20 bits per heavy atom. The topological polar surface area (TPSA) is 62.3 Å². The Labute approximate surface area is 184 Å². The molecule has 0 aliphatic carbocycles. The molecule has 1 fully saturated rings. The van der Waals surface area contributed by atoms with Crippen LogP contribution in [0.4, 0.5) is 5.69 Å². The minimum atomic E-state index is -0.190. The monoisotopic (exact) mass is 439 g/mol.